The molecule has 1 aliphatic heterocycles. The quantitative estimate of drug-likeness (QED) is 0.720. The van der Waals surface area contributed by atoms with Gasteiger partial charge in [-0.3, -0.25) is 4.90 Å². The van der Waals surface area contributed by atoms with Crippen LogP contribution in [0.2, 0.25) is 0 Å². The summed E-state index contributed by atoms with van der Waals surface area (Å²) in [5, 5.41) is 14.4. The fourth-order valence-electron chi connectivity index (χ4n) is 4.02. The fourth-order valence-corrected chi connectivity index (χ4v) is 4.02. The van der Waals surface area contributed by atoms with E-state index in [1.54, 1.807) is 0 Å². The number of piperidine rings is 1. The normalized spacial score (nSPS) is 15.8. The monoisotopic (exact) mass is 375 g/mol. The highest BCUT2D eigenvalue weighted by molar-refractivity contribution is 5.63. The number of aliphatic hydroxyl groups excluding tert-OH is 1. The predicted octanol–water partition coefficient (Wildman–Crippen LogP) is 4.36. The Morgan fingerprint density at radius 2 is 1.79 bits per heavy atom. The molecule has 4 rings (SSSR count). The second-order valence-corrected chi connectivity index (χ2v) is 8.01. The van der Waals surface area contributed by atoms with Crippen molar-refractivity contribution >= 4 is 0 Å². The molecule has 146 valence electrons. The highest BCUT2D eigenvalue weighted by atomic mass is 16.3. The lowest BCUT2D eigenvalue weighted by Crippen LogP contribution is -2.34. The summed E-state index contributed by atoms with van der Waals surface area (Å²) >= 11 is 0. The van der Waals surface area contributed by atoms with Crippen molar-refractivity contribution in [2.75, 3.05) is 19.7 Å². The molecule has 4 nitrogen and oxygen atoms in total. The minimum atomic E-state index is 0.313. The molecule has 0 amide bonds. The maximum Gasteiger partial charge on any atom is 0.0972 e. The minimum Gasteiger partial charge on any atom is -0.396 e. The van der Waals surface area contributed by atoms with Crippen LogP contribution in [0.15, 0.2) is 54.7 Å². The number of benzene rings is 2. The average Bonchev–Trinajstić information content (AvgIpc) is 3.14. The van der Waals surface area contributed by atoms with E-state index in [1.165, 1.54) is 16.7 Å². The van der Waals surface area contributed by atoms with Gasteiger partial charge in [-0.25, -0.2) is 4.68 Å². The second kappa shape index (κ2) is 8.29. The van der Waals surface area contributed by atoms with Gasteiger partial charge in [-0.05, 0) is 62.9 Å². The van der Waals surface area contributed by atoms with Crippen molar-refractivity contribution < 1.29 is 5.11 Å². The molecule has 0 unspecified atom stereocenters. The summed E-state index contributed by atoms with van der Waals surface area (Å²) in [6.45, 7) is 7.54. The molecule has 1 N–H and O–H groups in total. The molecule has 0 bridgehead atoms. The molecule has 1 saturated heterocycles. The van der Waals surface area contributed by atoms with Gasteiger partial charge in [0.2, 0.25) is 0 Å². The van der Waals surface area contributed by atoms with Crippen molar-refractivity contribution in [3.8, 4) is 16.9 Å². The molecule has 1 aromatic heterocycles. The molecule has 4 heteroatoms. The zero-order chi connectivity index (χ0) is 19.5. The first-order valence-electron chi connectivity index (χ1n) is 10.2. The van der Waals surface area contributed by atoms with Gasteiger partial charge in [0.25, 0.3) is 0 Å². The second-order valence-electron chi connectivity index (χ2n) is 8.01. The van der Waals surface area contributed by atoms with E-state index in [0.717, 1.165) is 49.4 Å². The van der Waals surface area contributed by atoms with Gasteiger partial charge in [0.05, 0.1) is 11.4 Å². The first-order chi connectivity index (χ1) is 13.6. The molecule has 1 aliphatic rings. The van der Waals surface area contributed by atoms with Crippen molar-refractivity contribution in [1.29, 1.82) is 0 Å². The number of nitrogens with zero attached hydrogens (tertiary/aromatic N) is 3. The smallest absolute Gasteiger partial charge is 0.0972 e. The Kier molecular flexibility index (Phi) is 5.60. The maximum atomic E-state index is 9.41. The number of likely N-dealkylation sites (tertiary alicyclic amines) is 1. The predicted molar refractivity (Wildman–Crippen MR) is 114 cm³/mol. The lowest BCUT2D eigenvalue weighted by molar-refractivity contribution is 0.127. The van der Waals surface area contributed by atoms with Gasteiger partial charge in [0, 0.05) is 30.5 Å². The van der Waals surface area contributed by atoms with Crippen LogP contribution in [0.5, 0.6) is 0 Å². The number of hydrogen-bond donors (Lipinski definition) is 1. The maximum absolute atomic E-state index is 9.41. The van der Waals surface area contributed by atoms with Gasteiger partial charge in [0.15, 0.2) is 0 Å². The van der Waals surface area contributed by atoms with Gasteiger partial charge in [0.1, 0.15) is 0 Å². The van der Waals surface area contributed by atoms with Crippen LogP contribution in [0.4, 0.5) is 0 Å². The SMILES string of the molecule is Cc1ccc(C)c(-n2cc(CN3CCC(CO)CC3)c(-c3ccccc3)n2)c1. The summed E-state index contributed by atoms with van der Waals surface area (Å²) in [5.74, 6) is 0.461. The summed E-state index contributed by atoms with van der Waals surface area (Å²) in [6.07, 6.45) is 4.34. The molecule has 0 aliphatic carbocycles. The first kappa shape index (κ1) is 18.9. The number of rotatable bonds is 5. The van der Waals surface area contributed by atoms with Crippen LogP contribution in [0, 0.1) is 19.8 Å². The Morgan fingerprint density at radius 3 is 2.50 bits per heavy atom. The van der Waals surface area contributed by atoms with Gasteiger partial charge in [-0.2, -0.15) is 5.10 Å². The van der Waals surface area contributed by atoms with E-state index in [9.17, 15) is 5.11 Å². The Morgan fingerprint density at radius 1 is 1.04 bits per heavy atom. The molecular weight excluding hydrogens is 346 g/mol. The van der Waals surface area contributed by atoms with E-state index in [1.807, 2.05) is 10.7 Å². The van der Waals surface area contributed by atoms with E-state index < -0.39 is 0 Å². The zero-order valence-electron chi connectivity index (χ0n) is 16.8. The molecule has 0 atom stereocenters. The molecule has 1 fully saturated rings. The number of hydrogen-bond acceptors (Lipinski definition) is 3. The van der Waals surface area contributed by atoms with E-state index >= 15 is 0 Å². The summed E-state index contributed by atoms with van der Waals surface area (Å²) in [4.78, 5) is 2.49. The zero-order valence-corrected chi connectivity index (χ0v) is 16.8. The van der Waals surface area contributed by atoms with Crippen LogP contribution in [0.25, 0.3) is 16.9 Å². The minimum absolute atomic E-state index is 0.313. The molecule has 0 radical (unpaired) electrons. The molecule has 2 aromatic carbocycles. The number of aliphatic hydroxyl groups is 1. The lowest BCUT2D eigenvalue weighted by atomic mass is 9.97. The fraction of sp³-hybridized carbons (Fsp3) is 0.375. The average molecular weight is 376 g/mol. The van der Waals surface area contributed by atoms with Crippen molar-refractivity contribution in [2.24, 2.45) is 5.92 Å². The number of aromatic nitrogens is 2. The van der Waals surface area contributed by atoms with Crippen molar-refractivity contribution in [2.45, 2.75) is 33.2 Å². The third-order valence-corrected chi connectivity index (χ3v) is 5.81. The molecule has 0 saturated carbocycles. The van der Waals surface area contributed by atoms with E-state index in [2.05, 4.69) is 67.4 Å². The largest absolute Gasteiger partial charge is 0.396 e. The molecule has 2 heterocycles. The van der Waals surface area contributed by atoms with Crippen molar-refractivity contribution in [3.63, 3.8) is 0 Å². The highest BCUT2D eigenvalue weighted by Crippen LogP contribution is 2.27. The van der Waals surface area contributed by atoms with E-state index in [0.29, 0.717) is 12.5 Å². The Balaban J connectivity index is 1.68. The summed E-state index contributed by atoms with van der Waals surface area (Å²) < 4.78 is 2.04. The van der Waals surface area contributed by atoms with Crippen LogP contribution in [0.3, 0.4) is 0 Å². The van der Waals surface area contributed by atoms with Crippen LogP contribution in [-0.2, 0) is 6.54 Å². The highest BCUT2D eigenvalue weighted by Gasteiger charge is 2.21. The summed E-state index contributed by atoms with van der Waals surface area (Å²) in [5.41, 5.74) is 7.09. The van der Waals surface area contributed by atoms with Gasteiger partial charge >= 0.3 is 0 Å². The van der Waals surface area contributed by atoms with E-state index in [-0.39, 0.29) is 0 Å². The van der Waals surface area contributed by atoms with Gasteiger partial charge in [-0.15, -0.1) is 0 Å². The van der Waals surface area contributed by atoms with Crippen LogP contribution in [0.1, 0.15) is 29.5 Å². The van der Waals surface area contributed by atoms with Crippen LogP contribution >= 0.6 is 0 Å². The molecule has 3 aromatic rings. The van der Waals surface area contributed by atoms with E-state index in [4.69, 9.17) is 5.10 Å². The third kappa shape index (κ3) is 4.03. The first-order valence-corrected chi connectivity index (χ1v) is 10.2. The molecular formula is C24H29N3O. The van der Waals surface area contributed by atoms with Crippen molar-refractivity contribution in [1.82, 2.24) is 14.7 Å². The Bertz CT molecular complexity index is 924. The topological polar surface area (TPSA) is 41.3 Å². The summed E-state index contributed by atoms with van der Waals surface area (Å²) in [6, 6.07) is 17.0. The Hall–Kier alpha value is -2.43. The van der Waals surface area contributed by atoms with Gasteiger partial charge in [-0.1, -0.05) is 42.5 Å². The lowest BCUT2D eigenvalue weighted by Gasteiger charge is -2.30. The Labute approximate surface area is 167 Å². The molecule has 0 spiro atoms. The standard InChI is InChI=1S/C24H29N3O/c1-18-8-9-19(2)23(14-18)27-16-22(15-26-12-10-20(17-28)11-13-26)24(25-27)21-6-4-3-5-7-21/h3-9,14,16,20,28H,10-13,15,17H2,1-2H3. The van der Waals surface area contributed by atoms with Gasteiger partial charge < -0.3 is 5.11 Å². The molecule has 28 heavy (non-hydrogen) atoms. The summed E-state index contributed by atoms with van der Waals surface area (Å²) in [7, 11) is 0. The van der Waals surface area contributed by atoms with Crippen LogP contribution in [-0.4, -0.2) is 39.5 Å². The third-order valence-electron chi connectivity index (χ3n) is 5.81. The van der Waals surface area contributed by atoms with Crippen molar-refractivity contribution in [3.05, 3.63) is 71.4 Å². The number of aryl methyl sites for hydroxylation is 2. The van der Waals surface area contributed by atoms with Crippen LogP contribution < -0.4 is 0 Å².